The van der Waals surface area contributed by atoms with Crippen LogP contribution in [0.3, 0.4) is 0 Å². The van der Waals surface area contributed by atoms with Gasteiger partial charge in [-0.1, -0.05) is 6.42 Å². The lowest BCUT2D eigenvalue weighted by Crippen LogP contribution is -2.51. The van der Waals surface area contributed by atoms with Gasteiger partial charge in [0.05, 0.1) is 17.9 Å². The fourth-order valence-electron chi connectivity index (χ4n) is 3.31. The van der Waals surface area contributed by atoms with Gasteiger partial charge in [-0.05, 0) is 51.7 Å². The molecule has 5 heteroatoms. The second-order valence-electron chi connectivity index (χ2n) is 7.05. The first-order valence-corrected chi connectivity index (χ1v) is 8.21. The van der Waals surface area contributed by atoms with Crippen molar-refractivity contribution >= 4 is 11.6 Å². The molecule has 0 saturated heterocycles. The predicted molar refractivity (Wildman–Crippen MR) is 89.5 cm³/mol. The van der Waals surface area contributed by atoms with Gasteiger partial charge in [-0.3, -0.25) is 4.79 Å². The fourth-order valence-corrected chi connectivity index (χ4v) is 3.31. The van der Waals surface area contributed by atoms with Gasteiger partial charge in [0.15, 0.2) is 0 Å². The van der Waals surface area contributed by atoms with E-state index in [4.69, 9.17) is 4.74 Å². The van der Waals surface area contributed by atoms with Crippen LogP contribution in [0.5, 0.6) is 0 Å². The highest BCUT2D eigenvalue weighted by Gasteiger charge is 2.35. The first kappa shape index (κ1) is 16.0. The van der Waals surface area contributed by atoms with Gasteiger partial charge in [0.1, 0.15) is 5.65 Å². The highest BCUT2D eigenvalue weighted by molar-refractivity contribution is 6.00. The number of hydrogen-bond donors (Lipinski definition) is 1. The summed E-state index contributed by atoms with van der Waals surface area (Å²) in [4.78, 5) is 17.3. The maximum absolute atomic E-state index is 12.8. The molecular weight excluding hydrogens is 290 g/mol. The molecule has 1 N–H and O–H groups in total. The van der Waals surface area contributed by atoms with Crippen molar-refractivity contribution in [2.24, 2.45) is 5.92 Å². The highest BCUT2D eigenvalue weighted by atomic mass is 16.5. The molecule has 124 valence electrons. The summed E-state index contributed by atoms with van der Waals surface area (Å²) in [7, 11) is 1.67. The second kappa shape index (κ2) is 5.96. The monoisotopic (exact) mass is 315 g/mol. The van der Waals surface area contributed by atoms with Crippen LogP contribution in [0.25, 0.3) is 5.65 Å². The Morgan fingerprint density at radius 3 is 2.83 bits per heavy atom. The number of hydrogen-bond acceptors (Lipinski definition) is 3. The SMILES string of the molecule is COCc1cc(C)nc2c(C(=O)NC(C)(C)C3CCC3)ccn12. The van der Waals surface area contributed by atoms with E-state index in [-0.39, 0.29) is 11.4 Å². The Morgan fingerprint density at radius 2 is 2.22 bits per heavy atom. The summed E-state index contributed by atoms with van der Waals surface area (Å²) in [6, 6.07) is 3.82. The molecule has 1 aliphatic rings. The summed E-state index contributed by atoms with van der Waals surface area (Å²) in [6.07, 6.45) is 5.54. The zero-order valence-corrected chi connectivity index (χ0v) is 14.3. The van der Waals surface area contributed by atoms with Crippen molar-refractivity contribution in [3.8, 4) is 0 Å². The molecule has 5 nitrogen and oxygen atoms in total. The molecule has 0 radical (unpaired) electrons. The summed E-state index contributed by atoms with van der Waals surface area (Å²) in [5.74, 6) is 0.518. The van der Waals surface area contributed by atoms with Crippen LogP contribution >= 0.6 is 0 Å². The quantitative estimate of drug-likeness (QED) is 0.922. The number of aryl methyl sites for hydroxylation is 1. The molecule has 2 aromatic rings. The van der Waals surface area contributed by atoms with Crippen LogP contribution in [-0.4, -0.2) is 27.9 Å². The van der Waals surface area contributed by atoms with Crippen molar-refractivity contribution in [2.75, 3.05) is 7.11 Å². The van der Waals surface area contributed by atoms with Gasteiger partial charge in [-0.25, -0.2) is 4.98 Å². The van der Waals surface area contributed by atoms with Crippen LogP contribution in [0.4, 0.5) is 0 Å². The number of aromatic nitrogens is 2. The molecule has 1 aliphatic carbocycles. The molecular formula is C18H25N3O2. The minimum absolute atomic E-state index is 0.0501. The Morgan fingerprint density at radius 1 is 1.48 bits per heavy atom. The first-order valence-electron chi connectivity index (χ1n) is 8.21. The van der Waals surface area contributed by atoms with E-state index in [2.05, 4.69) is 24.1 Å². The van der Waals surface area contributed by atoms with Gasteiger partial charge in [0, 0.05) is 24.5 Å². The summed E-state index contributed by atoms with van der Waals surface area (Å²) >= 11 is 0. The van der Waals surface area contributed by atoms with Crippen LogP contribution in [0.15, 0.2) is 18.3 Å². The molecule has 1 saturated carbocycles. The maximum atomic E-state index is 12.8. The highest BCUT2D eigenvalue weighted by Crippen LogP contribution is 2.36. The molecule has 0 atom stereocenters. The predicted octanol–water partition coefficient (Wildman–Crippen LogP) is 3.10. The second-order valence-corrected chi connectivity index (χ2v) is 7.05. The van der Waals surface area contributed by atoms with E-state index in [1.807, 2.05) is 29.7 Å². The number of carbonyl (C=O) groups is 1. The molecule has 1 fully saturated rings. The Labute approximate surface area is 137 Å². The van der Waals surface area contributed by atoms with Gasteiger partial charge in [0.2, 0.25) is 0 Å². The molecule has 3 rings (SSSR count). The van der Waals surface area contributed by atoms with Crippen molar-refractivity contribution in [3.63, 3.8) is 0 Å². The van der Waals surface area contributed by atoms with Crippen LogP contribution in [-0.2, 0) is 11.3 Å². The molecule has 23 heavy (non-hydrogen) atoms. The van der Waals surface area contributed by atoms with Crippen molar-refractivity contribution in [2.45, 2.75) is 52.2 Å². The lowest BCUT2D eigenvalue weighted by atomic mass is 9.72. The molecule has 0 unspecified atom stereocenters. The number of methoxy groups -OCH3 is 1. The molecule has 0 bridgehead atoms. The number of fused-ring (bicyclic) bond motifs is 1. The van der Waals surface area contributed by atoms with E-state index in [1.165, 1.54) is 19.3 Å². The third-order valence-corrected chi connectivity index (χ3v) is 4.92. The standard InChI is InChI=1S/C18H25N3O2/c1-12-10-14(11-23-4)21-9-8-15(16(21)19-12)17(22)20-18(2,3)13-6-5-7-13/h8-10,13H,5-7,11H2,1-4H3,(H,20,22). The number of nitrogens with zero attached hydrogens (tertiary/aromatic N) is 2. The minimum atomic E-state index is -0.178. The van der Waals surface area contributed by atoms with Gasteiger partial charge in [0.25, 0.3) is 5.91 Å². The summed E-state index contributed by atoms with van der Waals surface area (Å²) in [6.45, 7) is 6.65. The average Bonchev–Trinajstić information content (AvgIpc) is 2.79. The van der Waals surface area contributed by atoms with E-state index in [0.29, 0.717) is 23.7 Å². The van der Waals surface area contributed by atoms with E-state index in [1.54, 1.807) is 7.11 Å². The van der Waals surface area contributed by atoms with Gasteiger partial charge in [-0.15, -0.1) is 0 Å². The Hall–Kier alpha value is -1.88. The normalized spacial score (nSPS) is 15.7. The van der Waals surface area contributed by atoms with Crippen LogP contribution in [0.2, 0.25) is 0 Å². The molecule has 0 aromatic carbocycles. The molecule has 2 aromatic heterocycles. The maximum Gasteiger partial charge on any atom is 0.255 e. The zero-order valence-electron chi connectivity index (χ0n) is 14.3. The lowest BCUT2D eigenvalue weighted by Gasteiger charge is -2.40. The van der Waals surface area contributed by atoms with Crippen molar-refractivity contribution < 1.29 is 9.53 Å². The third-order valence-electron chi connectivity index (χ3n) is 4.92. The Bertz CT molecular complexity index is 729. The number of amides is 1. The van der Waals surface area contributed by atoms with E-state index >= 15 is 0 Å². The molecule has 2 heterocycles. The van der Waals surface area contributed by atoms with Crippen molar-refractivity contribution in [1.82, 2.24) is 14.7 Å². The van der Waals surface area contributed by atoms with E-state index < -0.39 is 0 Å². The smallest absolute Gasteiger partial charge is 0.255 e. The topological polar surface area (TPSA) is 55.6 Å². The van der Waals surface area contributed by atoms with E-state index in [0.717, 1.165) is 11.4 Å². The van der Waals surface area contributed by atoms with Gasteiger partial charge >= 0.3 is 0 Å². The summed E-state index contributed by atoms with van der Waals surface area (Å²) < 4.78 is 7.18. The Kier molecular flexibility index (Phi) is 4.15. The number of carbonyl (C=O) groups excluding carboxylic acids is 1. The third kappa shape index (κ3) is 2.98. The number of ether oxygens (including phenoxy) is 1. The van der Waals surface area contributed by atoms with Crippen LogP contribution < -0.4 is 5.32 Å². The van der Waals surface area contributed by atoms with Gasteiger partial charge in [-0.2, -0.15) is 0 Å². The number of rotatable bonds is 5. The Balaban J connectivity index is 1.91. The minimum Gasteiger partial charge on any atom is -0.378 e. The van der Waals surface area contributed by atoms with Crippen LogP contribution in [0.1, 0.15) is 54.9 Å². The zero-order chi connectivity index (χ0) is 16.6. The summed E-state index contributed by atoms with van der Waals surface area (Å²) in [5, 5.41) is 3.20. The number of nitrogens with one attached hydrogen (secondary N) is 1. The largest absolute Gasteiger partial charge is 0.378 e. The van der Waals surface area contributed by atoms with Crippen molar-refractivity contribution in [1.29, 1.82) is 0 Å². The van der Waals surface area contributed by atoms with Crippen LogP contribution in [0, 0.1) is 12.8 Å². The van der Waals surface area contributed by atoms with Crippen molar-refractivity contribution in [3.05, 3.63) is 35.3 Å². The van der Waals surface area contributed by atoms with E-state index in [9.17, 15) is 4.79 Å². The molecule has 1 amide bonds. The lowest BCUT2D eigenvalue weighted by molar-refractivity contribution is 0.0828. The average molecular weight is 315 g/mol. The first-order chi connectivity index (χ1) is 10.9. The van der Waals surface area contributed by atoms with Gasteiger partial charge < -0.3 is 14.5 Å². The summed E-state index contributed by atoms with van der Waals surface area (Å²) in [5.41, 5.74) is 3.02. The fraction of sp³-hybridized carbons (Fsp3) is 0.556. The molecule has 0 spiro atoms. The molecule has 0 aliphatic heterocycles.